The molecule has 1 N–H and O–H groups in total. The maximum absolute atomic E-state index is 12.6. The van der Waals surface area contributed by atoms with Gasteiger partial charge in [-0.05, 0) is 56.9 Å². The second-order valence-electron chi connectivity index (χ2n) is 8.56. The quantitative estimate of drug-likeness (QED) is 0.581. The van der Waals surface area contributed by atoms with Gasteiger partial charge in [0.25, 0.3) is 0 Å². The molecule has 6 heteroatoms. The Labute approximate surface area is 171 Å². The molecule has 156 valence electrons. The second-order valence-corrected chi connectivity index (χ2v) is 8.56. The lowest BCUT2D eigenvalue weighted by atomic mass is 9.67. The van der Waals surface area contributed by atoms with Gasteiger partial charge in [0.15, 0.2) is 6.10 Å². The molecule has 2 aliphatic carbocycles. The highest BCUT2D eigenvalue weighted by Gasteiger charge is 2.42. The van der Waals surface area contributed by atoms with Crippen molar-refractivity contribution in [3.63, 3.8) is 0 Å². The number of anilines is 1. The SMILES string of the molecule is CC(C)C(=O)Nc1ccc(C(=O)C(C)OC(=O)C2CC3CCCC(C2)C3=O)cc1. The van der Waals surface area contributed by atoms with Gasteiger partial charge in [-0.15, -0.1) is 0 Å². The molecule has 0 aromatic heterocycles. The molecule has 0 spiro atoms. The van der Waals surface area contributed by atoms with Crippen LogP contribution in [0.2, 0.25) is 0 Å². The van der Waals surface area contributed by atoms with Gasteiger partial charge in [0.05, 0.1) is 5.92 Å². The Balaban J connectivity index is 1.57. The normalized spacial score (nSPS) is 24.7. The Hall–Kier alpha value is -2.50. The van der Waals surface area contributed by atoms with Crippen molar-refractivity contribution < 1.29 is 23.9 Å². The van der Waals surface area contributed by atoms with E-state index in [1.807, 2.05) is 0 Å². The van der Waals surface area contributed by atoms with E-state index in [0.29, 0.717) is 29.9 Å². The van der Waals surface area contributed by atoms with Crippen LogP contribution in [-0.4, -0.2) is 29.5 Å². The minimum atomic E-state index is -0.893. The number of hydrogen-bond acceptors (Lipinski definition) is 5. The minimum Gasteiger partial charge on any atom is -0.454 e. The number of rotatable bonds is 6. The number of amides is 1. The highest BCUT2D eigenvalue weighted by atomic mass is 16.5. The smallest absolute Gasteiger partial charge is 0.309 e. The van der Waals surface area contributed by atoms with Crippen molar-refractivity contribution in [1.29, 1.82) is 0 Å². The predicted octanol–water partition coefficient (Wildman–Crippen LogP) is 3.79. The third kappa shape index (κ3) is 4.92. The van der Waals surface area contributed by atoms with E-state index in [1.165, 1.54) is 0 Å². The van der Waals surface area contributed by atoms with Crippen LogP contribution in [-0.2, 0) is 19.1 Å². The lowest BCUT2D eigenvalue weighted by Crippen LogP contribution is -2.40. The van der Waals surface area contributed by atoms with Crippen LogP contribution >= 0.6 is 0 Å². The number of carbonyl (C=O) groups excluding carboxylic acids is 4. The maximum atomic E-state index is 12.6. The van der Waals surface area contributed by atoms with Crippen molar-refractivity contribution >= 4 is 29.1 Å². The molecular formula is C23H29NO5. The molecule has 3 rings (SSSR count). The van der Waals surface area contributed by atoms with E-state index >= 15 is 0 Å². The van der Waals surface area contributed by atoms with Gasteiger partial charge in [-0.3, -0.25) is 19.2 Å². The average molecular weight is 399 g/mol. The van der Waals surface area contributed by atoms with E-state index < -0.39 is 6.10 Å². The first kappa shape index (κ1) is 21.2. The Bertz CT molecular complexity index is 782. The van der Waals surface area contributed by atoms with E-state index in [4.69, 9.17) is 4.74 Å². The molecule has 2 fully saturated rings. The van der Waals surface area contributed by atoms with Crippen molar-refractivity contribution in [2.45, 2.75) is 59.0 Å². The summed E-state index contributed by atoms with van der Waals surface area (Å²) in [4.78, 5) is 49.2. The van der Waals surface area contributed by atoms with Crippen LogP contribution in [0.5, 0.6) is 0 Å². The zero-order valence-electron chi connectivity index (χ0n) is 17.3. The van der Waals surface area contributed by atoms with Crippen LogP contribution in [0.25, 0.3) is 0 Å². The van der Waals surface area contributed by atoms with E-state index in [-0.39, 0.29) is 41.3 Å². The van der Waals surface area contributed by atoms with Gasteiger partial charge in [-0.25, -0.2) is 0 Å². The summed E-state index contributed by atoms with van der Waals surface area (Å²) < 4.78 is 5.46. The molecule has 6 nitrogen and oxygen atoms in total. The van der Waals surface area contributed by atoms with Crippen molar-refractivity contribution in [2.75, 3.05) is 5.32 Å². The monoisotopic (exact) mass is 399 g/mol. The number of nitrogens with one attached hydrogen (secondary N) is 1. The zero-order valence-corrected chi connectivity index (χ0v) is 17.3. The van der Waals surface area contributed by atoms with Gasteiger partial charge in [0.2, 0.25) is 11.7 Å². The largest absolute Gasteiger partial charge is 0.454 e. The Kier molecular flexibility index (Phi) is 6.50. The number of fused-ring (bicyclic) bond motifs is 2. The summed E-state index contributed by atoms with van der Waals surface area (Å²) in [5.41, 5.74) is 1.03. The fraction of sp³-hybridized carbons (Fsp3) is 0.565. The topological polar surface area (TPSA) is 89.5 Å². The first-order chi connectivity index (χ1) is 13.8. The molecule has 0 radical (unpaired) electrons. The van der Waals surface area contributed by atoms with Crippen LogP contribution in [0.3, 0.4) is 0 Å². The standard InChI is InChI=1S/C23H29NO5/c1-13(2)22(27)24-19-9-7-15(8-10-19)20(25)14(3)29-23(28)18-11-16-5-4-6-17(12-18)21(16)26/h7-10,13-14,16-18H,4-6,11-12H2,1-3H3,(H,24,27). The minimum absolute atomic E-state index is 0.0281. The fourth-order valence-electron chi connectivity index (χ4n) is 4.24. The third-order valence-corrected chi connectivity index (χ3v) is 6.00. The van der Waals surface area contributed by atoms with Crippen LogP contribution in [0.1, 0.15) is 63.2 Å². The summed E-state index contributed by atoms with van der Waals surface area (Å²) in [5, 5.41) is 2.77. The van der Waals surface area contributed by atoms with Crippen molar-refractivity contribution in [1.82, 2.24) is 0 Å². The highest BCUT2D eigenvalue weighted by Crippen LogP contribution is 2.40. The lowest BCUT2D eigenvalue weighted by Gasteiger charge is -2.36. The summed E-state index contributed by atoms with van der Waals surface area (Å²) >= 11 is 0. The summed E-state index contributed by atoms with van der Waals surface area (Å²) in [6, 6.07) is 6.56. The molecule has 3 unspecified atom stereocenters. The third-order valence-electron chi connectivity index (χ3n) is 6.00. The van der Waals surface area contributed by atoms with Crippen LogP contribution in [0.15, 0.2) is 24.3 Å². The number of Topliss-reactive ketones (excluding diaryl/α,β-unsaturated/α-hetero) is 2. The second kappa shape index (κ2) is 8.89. The molecule has 3 atom stereocenters. The van der Waals surface area contributed by atoms with Gasteiger partial charge in [0, 0.05) is 29.0 Å². The Morgan fingerprint density at radius 1 is 1.00 bits per heavy atom. The summed E-state index contributed by atoms with van der Waals surface area (Å²) in [6.07, 6.45) is 2.95. The number of ether oxygens (including phenoxy) is 1. The average Bonchev–Trinajstić information content (AvgIpc) is 2.67. The van der Waals surface area contributed by atoms with Gasteiger partial charge in [-0.1, -0.05) is 20.3 Å². The van der Waals surface area contributed by atoms with Crippen molar-refractivity contribution in [2.24, 2.45) is 23.7 Å². The molecule has 0 heterocycles. The first-order valence-electron chi connectivity index (χ1n) is 10.5. The molecule has 2 bridgehead atoms. The molecule has 1 amide bonds. The zero-order chi connectivity index (χ0) is 21.1. The summed E-state index contributed by atoms with van der Waals surface area (Å²) in [6.45, 7) is 5.18. The predicted molar refractivity (Wildman–Crippen MR) is 108 cm³/mol. The molecule has 1 aromatic carbocycles. The van der Waals surface area contributed by atoms with Crippen LogP contribution in [0.4, 0.5) is 5.69 Å². The van der Waals surface area contributed by atoms with Gasteiger partial charge >= 0.3 is 5.97 Å². The summed E-state index contributed by atoms with van der Waals surface area (Å²) in [7, 11) is 0. The first-order valence-corrected chi connectivity index (χ1v) is 10.5. The van der Waals surface area contributed by atoms with Gasteiger partial charge in [0.1, 0.15) is 5.78 Å². The van der Waals surface area contributed by atoms with E-state index in [2.05, 4.69) is 5.32 Å². The van der Waals surface area contributed by atoms with Crippen LogP contribution in [0, 0.1) is 23.7 Å². The molecular weight excluding hydrogens is 370 g/mol. The number of esters is 1. The molecule has 2 aliphatic rings. The number of hydrogen-bond donors (Lipinski definition) is 1. The van der Waals surface area contributed by atoms with Gasteiger partial charge < -0.3 is 10.1 Å². The molecule has 2 saturated carbocycles. The maximum Gasteiger partial charge on any atom is 0.309 e. The molecule has 1 aromatic rings. The number of ketones is 2. The fourth-order valence-corrected chi connectivity index (χ4v) is 4.24. The number of benzene rings is 1. The van der Waals surface area contributed by atoms with Crippen molar-refractivity contribution in [3.8, 4) is 0 Å². The lowest BCUT2D eigenvalue weighted by molar-refractivity contribution is -0.155. The summed E-state index contributed by atoms with van der Waals surface area (Å²) in [5.74, 6) is -0.948. The highest BCUT2D eigenvalue weighted by molar-refractivity contribution is 6.01. The van der Waals surface area contributed by atoms with Crippen molar-refractivity contribution in [3.05, 3.63) is 29.8 Å². The molecule has 0 aliphatic heterocycles. The van der Waals surface area contributed by atoms with E-state index in [0.717, 1.165) is 19.3 Å². The van der Waals surface area contributed by atoms with Crippen LogP contribution < -0.4 is 5.32 Å². The van der Waals surface area contributed by atoms with Gasteiger partial charge in [-0.2, -0.15) is 0 Å². The number of carbonyl (C=O) groups is 4. The molecule has 0 saturated heterocycles. The molecule has 29 heavy (non-hydrogen) atoms. The Morgan fingerprint density at radius 2 is 1.59 bits per heavy atom. The van der Waals surface area contributed by atoms with E-state index in [1.54, 1.807) is 45.0 Å². The van der Waals surface area contributed by atoms with E-state index in [9.17, 15) is 19.2 Å². The Morgan fingerprint density at radius 3 is 2.14 bits per heavy atom.